The number of benzene rings is 2. The molecule has 8 heteroatoms. The number of aromatic nitrogens is 1. The van der Waals surface area contributed by atoms with Crippen LogP contribution in [0.5, 0.6) is 0 Å². The maximum Gasteiger partial charge on any atom is 0.180 e. The smallest absolute Gasteiger partial charge is 0.180 e. The van der Waals surface area contributed by atoms with E-state index in [1.807, 2.05) is 48.3 Å². The number of hydrogen-bond donors (Lipinski definition) is 2. The molecule has 152 valence electrons. The molecule has 0 saturated carbocycles. The van der Waals surface area contributed by atoms with Crippen LogP contribution in [0.3, 0.4) is 0 Å². The number of nitrogens with zero attached hydrogens (tertiary/aromatic N) is 2. The fourth-order valence-corrected chi connectivity index (χ4v) is 5.24. The highest BCUT2D eigenvalue weighted by Gasteiger charge is 2.26. The summed E-state index contributed by atoms with van der Waals surface area (Å²) in [5.74, 6) is 0.811. The number of anilines is 2. The largest absolute Gasteiger partial charge is 0.383 e. The van der Waals surface area contributed by atoms with Crippen LogP contribution in [0.1, 0.15) is 5.56 Å². The first-order chi connectivity index (χ1) is 14.0. The highest BCUT2D eigenvalue weighted by Crippen LogP contribution is 2.32. The van der Waals surface area contributed by atoms with Gasteiger partial charge in [0.05, 0.1) is 16.2 Å². The molecule has 0 saturated heterocycles. The minimum atomic E-state index is -3.31. The van der Waals surface area contributed by atoms with Crippen LogP contribution < -0.4 is 15.5 Å². The summed E-state index contributed by atoms with van der Waals surface area (Å²) in [6, 6.07) is 14.8. The van der Waals surface area contributed by atoms with E-state index in [0.29, 0.717) is 23.0 Å². The zero-order valence-electron chi connectivity index (χ0n) is 16.2. The van der Waals surface area contributed by atoms with Gasteiger partial charge in [0.15, 0.2) is 9.84 Å². The third-order valence-electron chi connectivity index (χ3n) is 5.07. The molecule has 0 unspecified atom stereocenters. The fraction of sp³-hybridized carbons (Fsp3) is 0.286. The molecule has 0 bridgehead atoms. The van der Waals surface area contributed by atoms with Gasteiger partial charge in [0.25, 0.3) is 0 Å². The highest BCUT2D eigenvalue weighted by atomic mass is 35.5. The zero-order chi connectivity index (χ0) is 20.4. The van der Waals surface area contributed by atoms with E-state index in [0.717, 1.165) is 41.1 Å². The lowest BCUT2D eigenvalue weighted by Gasteiger charge is -2.23. The Labute approximate surface area is 175 Å². The number of rotatable bonds is 5. The predicted molar refractivity (Wildman–Crippen MR) is 119 cm³/mol. The first-order valence-corrected chi connectivity index (χ1v) is 11.6. The summed E-state index contributed by atoms with van der Waals surface area (Å²) in [5, 5.41) is 8.16. The fourth-order valence-electron chi connectivity index (χ4n) is 3.57. The van der Waals surface area contributed by atoms with Crippen molar-refractivity contribution in [3.63, 3.8) is 0 Å². The quantitative estimate of drug-likeness (QED) is 0.605. The second-order valence-corrected chi connectivity index (χ2v) is 9.58. The van der Waals surface area contributed by atoms with E-state index in [1.165, 1.54) is 0 Å². The summed E-state index contributed by atoms with van der Waals surface area (Å²) in [7, 11) is -1.40. The van der Waals surface area contributed by atoms with E-state index in [2.05, 4.69) is 10.6 Å². The molecule has 1 aliphatic rings. The van der Waals surface area contributed by atoms with Gasteiger partial charge in [0, 0.05) is 48.3 Å². The molecule has 29 heavy (non-hydrogen) atoms. The summed E-state index contributed by atoms with van der Waals surface area (Å²) in [6.45, 7) is 2.45. The minimum absolute atomic E-state index is 0.0624. The van der Waals surface area contributed by atoms with Crippen molar-refractivity contribution in [3.8, 4) is 0 Å². The van der Waals surface area contributed by atoms with Crippen LogP contribution in [0, 0.1) is 0 Å². The van der Waals surface area contributed by atoms with Crippen molar-refractivity contribution in [2.24, 2.45) is 0 Å². The Balaban J connectivity index is 1.76. The van der Waals surface area contributed by atoms with E-state index in [-0.39, 0.29) is 5.75 Å². The molecule has 2 heterocycles. The van der Waals surface area contributed by atoms with Crippen molar-refractivity contribution >= 4 is 43.8 Å². The van der Waals surface area contributed by atoms with Crippen LogP contribution in [0.2, 0.25) is 5.02 Å². The van der Waals surface area contributed by atoms with Gasteiger partial charge >= 0.3 is 0 Å². The van der Waals surface area contributed by atoms with Crippen molar-refractivity contribution < 1.29 is 8.42 Å². The zero-order valence-corrected chi connectivity index (χ0v) is 17.7. The summed E-state index contributed by atoms with van der Waals surface area (Å²) in [5.41, 5.74) is 2.55. The number of hydrogen-bond acceptors (Lipinski definition) is 6. The SMILES string of the molecule is CNCCNc1cc(N2CCS(=O)(=O)c3ccccc3C2)nc2ccc(Cl)cc12. The first-order valence-electron chi connectivity index (χ1n) is 9.52. The molecular weight excluding hydrogens is 408 g/mol. The average molecular weight is 431 g/mol. The Kier molecular flexibility index (Phi) is 5.63. The number of likely N-dealkylation sites (N-methyl/N-ethyl adjacent to an activating group) is 1. The number of halogens is 1. The van der Waals surface area contributed by atoms with E-state index in [9.17, 15) is 8.42 Å². The lowest BCUT2D eigenvalue weighted by atomic mass is 10.1. The lowest BCUT2D eigenvalue weighted by molar-refractivity contribution is 0.596. The van der Waals surface area contributed by atoms with E-state index in [4.69, 9.17) is 16.6 Å². The van der Waals surface area contributed by atoms with E-state index in [1.54, 1.807) is 12.1 Å². The molecule has 0 atom stereocenters. The Hall–Kier alpha value is -2.35. The molecule has 0 amide bonds. The Morgan fingerprint density at radius 2 is 1.97 bits per heavy atom. The maximum absolute atomic E-state index is 12.7. The van der Waals surface area contributed by atoms with Crippen LogP contribution in [-0.4, -0.2) is 45.8 Å². The molecule has 0 aliphatic carbocycles. The molecule has 0 fully saturated rings. The summed E-state index contributed by atoms with van der Waals surface area (Å²) < 4.78 is 25.4. The van der Waals surface area contributed by atoms with Gasteiger partial charge < -0.3 is 15.5 Å². The minimum Gasteiger partial charge on any atom is -0.383 e. The van der Waals surface area contributed by atoms with Crippen molar-refractivity contribution in [3.05, 3.63) is 59.1 Å². The molecule has 2 N–H and O–H groups in total. The van der Waals surface area contributed by atoms with Gasteiger partial charge in [-0.3, -0.25) is 0 Å². The second kappa shape index (κ2) is 8.18. The van der Waals surface area contributed by atoms with E-state index >= 15 is 0 Å². The van der Waals surface area contributed by atoms with Gasteiger partial charge in [-0.15, -0.1) is 0 Å². The van der Waals surface area contributed by atoms with E-state index < -0.39 is 9.84 Å². The molecule has 4 rings (SSSR count). The van der Waals surface area contributed by atoms with Crippen molar-refractivity contribution in [2.75, 3.05) is 42.7 Å². The standard InChI is InChI=1S/C21H23ClN4O2S/c1-23-8-9-24-19-13-21(25-18-7-6-16(22)12-17(18)19)26-10-11-29(27,28)20-5-3-2-4-15(20)14-26/h2-7,12-13,23H,8-11,14H2,1H3,(H,24,25). The molecule has 6 nitrogen and oxygen atoms in total. The summed E-state index contributed by atoms with van der Waals surface area (Å²) in [4.78, 5) is 7.26. The molecular formula is C21H23ClN4O2S. The average Bonchev–Trinajstić information content (AvgIpc) is 2.84. The van der Waals surface area contributed by atoms with Gasteiger partial charge in [0.2, 0.25) is 0 Å². The second-order valence-electron chi connectivity index (χ2n) is 7.07. The maximum atomic E-state index is 12.7. The third kappa shape index (κ3) is 4.17. The van der Waals surface area contributed by atoms with Crippen LogP contribution in [0.4, 0.5) is 11.5 Å². The topological polar surface area (TPSA) is 74.3 Å². The summed E-state index contributed by atoms with van der Waals surface area (Å²) in [6.07, 6.45) is 0. The van der Waals surface area contributed by atoms with Crippen molar-refractivity contribution in [2.45, 2.75) is 11.4 Å². The van der Waals surface area contributed by atoms with Gasteiger partial charge in [0.1, 0.15) is 5.82 Å². The normalized spacial score (nSPS) is 15.7. The molecule has 3 aromatic rings. The predicted octanol–water partition coefficient (Wildman–Crippen LogP) is 3.31. The molecule has 1 aromatic heterocycles. The number of pyridine rings is 1. The Bertz CT molecular complexity index is 1150. The van der Waals surface area contributed by atoms with Gasteiger partial charge in [-0.25, -0.2) is 13.4 Å². The van der Waals surface area contributed by atoms with Crippen LogP contribution >= 0.6 is 11.6 Å². The molecule has 0 radical (unpaired) electrons. The highest BCUT2D eigenvalue weighted by molar-refractivity contribution is 7.91. The lowest BCUT2D eigenvalue weighted by Crippen LogP contribution is -2.26. The Morgan fingerprint density at radius 1 is 1.14 bits per heavy atom. The molecule has 2 aromatic carbocycles. The van der Waals surface area contributed by atoms with Crippen LogP contribution in [0.25, 0.3) is 10.9 Å². The van der Waals surface area contributed by atoms with Gasteiger partial charge in [-0.2, -0.15) is 0 Å². The third-order valence-corrected chi connectivity index (χ3v) is 7.09. The summed E-state index contributed by atoms with van der Waals surface area (Å²) >= 11 is 6.20. The molecule has 0 spiro atoms. The van der Waals surface area contributed by atoms with Crippen LogP contribution in [-0.2, 0) is 16.4 Å². The van der Waals surface area contributed by atoms with Gasteiger partial charge in [-0.1, -0.05) is 29.8 Å². The first kappa shape index (κ1) is 19.9. The number of nitrogens with one attached hydrogen (secondary N) is 2. The van der Waals surface area contributed by atoms with Crippen molar-refractivity contribution in [1.82, 2.24) is 10.3 Å². The number of sulfone groups is 1. The van der Waals surface area contributed by atoms with Crippen molar-refractivity contribution in [1.29, 1.82) is 0 Å². The monoisotopic (exact) mass is 430 g/mol. The Morgan fingerprint density at radius 3 is 2.79 bits per heavy atom. The number of fused-ring (bicyclic) bond motifs is 2. The van der Waals surface area contributed by atoms with Crippen LogP contribution in [0.15, 0.2) is 53.4 Å². The molecule has 1 aliphatic heterocycles. The van der Waals surface area contributed by atoms with Gasteiger partial charge in [-0.05, 0) is 36.9 Å².